The Balaban J connectivity index is 1.67. The molecule has 6 nitrogen and oxygen atoms in total. The second kappa shape index (κ2) is 5.34. The van der Waals surface area contributed by atoms with Crippen molar-refractivity contribution in [2.75, 3.05) is 4.72 Å². The lowest BCUT2D eigenvalue weighted by Crippen LogP contribution is -2.25. The maximum atomic E-state index is 12.7. The number of rotatable bonds is 4. The molecule has 1 aliphatic carbocycles. The number of benzene rings is 1. The highest BCUT2D eigenvalue weighted by molar-refractivity contribution is 7.92. The monoisotopic (exact) mass is 328 g/mol. The molecule has 118 valence electrons. The molecule has 1 fully saturated rings. The maximum Gasteiger partial charge on any atom is 0.280 e. The molecule has 0 amide bonds. The Labute approximate surface area is 134 Å². The van der Waals surface area contributed by atoms with Crippen molar-refractivity contribution in [3.8, 4) is 0 Å². The average molecular weight is 328 g/mol. The first-order valence-corrected chi connectivity index (χ1v) is 9.04. The fourth-order valence-electron chi connectivity index (χ4n) is 2.73. The van der Waals surface area contributed by atoms with Crippen LogP contribution in [0.4, 0.5) is 5.82 Å². The molecule has 1 N–H and O–H groups in total. The van der Waals surface area contributed by atoms with Crippen LogP contribution in [-0.2, 0) is 10.0 Å². The summed E-state index contributed by atoms with van der Waals surface area (Å²) in [7, 11) is -3.70. The molecule has 0 unspecified atom stereocenters. The molecule has 2 heterocycles. The van der Waals surface area contributed by atoms with Gasteiger partial charge in [-0.2, -0.15) is 13.5 Å². The summed E-state index contributed by atoms with van der Waals surface area (Å²) in [6, 6.07) is 12.8. The Bertz CT molecular complexity index is 961. The van der Waals surface area contributed by atoms with Gasteiger partial charge in [-0.15, -0.1) is 0 Å². The summed E-state index contributed by atoms with van der Waals surface area (Å²) in [4.78, 5) is 4.36. The van der Waals surface area contributed by atoms with Crippen LogP contribution in [0.3, 0.4) is 0 Å². The van der Waals surface area contributed by atoms with Crippen LogP contribution in [-0.4, -0.2) is 23.2 Å². The highest BCUT2D eigenvalue weighted by Gasteiger charge is 2.28. The number of hydrogen-bond acceptors (Lipinski definition) is 4. The maximum absolute atomic E-state index is 12.7. The van der Waals surface area contributed by atoms with E-state index in [1.165, 1.54) is 12.3 Å². The number of para-hydroxylation sites is 1. The molecule has 7 heteroatoms. The third kappa shape index (κ3) is 2.57. The van der Waals surface area contributed by atoms with E-state index in [-0.39, 0.29) is 11.1 Å². The van der Waals surface area contributed by atoms with Gasteiger partial charge in [-0.25, -0.2) is 9.67 Å². The SMILES string of the molecule is O=S(=O)(Nc1ccc2ccccc2n1)c1ccnn1C1CCC1. The van der Waals surface area contributed by atoms with Gasteiger partial charge in [-0.1, -0.05) is 18.2 Å². The molecule has 4 rings (SSSR count). The summed E-state index contributed by atoms with van der Waals surface area (Å²) in [5.41, 5.74) is 0.750. The first kappa shape index (κ1) is 14.2. The van der Waals surface area contributed by atoms with Crippen molar-refractivity contribution in [3.63, 3.8) is 0 Å². The number of pyridine rings is 1. The van der Waals surface area contributed by atoms with Gasteiger partial charge in [0.25, 0.3) is 10.0 Å². The number of sulfonamides is 1. The molecule has 23 heavy (non-hydrogen) atoms. The summed E-state index contributed by atoms with van der Waals surface area (Å²) in [5, 5.41) is 5.33. The number of nitrogens with one attached hydrogen (secondary N) is 1. The van der Waals surface area contributed by atoms with Crippen LogP contribution < -0.4 is 4.72 Å². The van der Waals surface area contributed by atoms with Gasteiger partial charge in [-0.3, -0.25) is 4.72 Å². The Hall–Kier alpha value is -2.41. The molecule has 0 aliphatic heterocycles. The minimum Gasteiger partial charge on any atom is -0.262 e. The molecule has 0 atom stereocenters. The van der Waals surface area contributed by atoms with Crippen LogP contribution in [0.5, 0.6) is 0 Å². The lowest BCUT2D eigenvalue weighted by Gasteiger charge is -2.27. The van der Waals surface area contributed by atoms with Gasteiger partial charge in [0.1, 0.15) is 5.82 Å². The quantitative estimate of drug-likeness (QED) is 0.799. The molecule has 0 saturated heterocycles. The zero-order valence-electron chi connectivity index (χ0n) is 12.4. The second-order valence-electron chi connectivity index (χ2n) is 5.69. The van der Waals surface area contributed by atoms with E-state index in [1.807, 2.05) is 30.3 Å². The van der Waals surface area contributed by atoms with E-state index in [0.29, 0.717) is 5.82 Å². The van der Waals surface area contributed by atoms with Gasteiger partial charge < -0.3 is 0 Å². The van der Waals surface area contributed by atoms with E-state index >= 15 is 0 Å². The number of anilines is 1. The van der Waals surface area contributed by atoms with Gasteiger partial charge in [0, 0.05) is 5.39 Å². The van der Waals surface area contributed by atoms with E-state index in [4.69, 9.17) is 0 Å². The Morgan fingerprint density at radius 1 is 1.09 bits per heavy atom. The van der Waals surface area contributed by atoms with Crippen LogP contribution in [0.25, 0.3) is 10.9 Å². The molecule has 2 aromatic heterocycles. The van der Waals surface area contributed by atoms with E-state index < -0.39 is 10.0 Å². The van der Waals surface area contributed by atoms with E-state index in [2.05, 4.69) is 14.8 Å². The summed E-state index contributed by atoms with van der Waals surface area (Å²) < 4.78 is 29.5. The molecule has 1 aliphatic rings. The number of aromatic nitrogens is 3. The third-order valence-corrected chi connectivity index (χ3v) is 5.52. The Kier molecular flexibility index (Phi) is 3.30. The van der Waals surface area contributed by atoms with Crippen molar-refractivity contribution in [2.24, 2.45) is 0 Å². The van der Waals surface area contributed by atoms with Crippen LogP contribution in [0, 0.1) is 0 Å². The van der Waals surface area contributed by atoms with Gasteiger partial charge in [0.2, 0.25) is 0 Å². The van der Waals surface area contributed by atoms with Crippen molar-refractivity contribution in [3.05, 3.63) is 48.7 Å². The molecule has 0 bridgehead atoms. The highest BCUT2D eigenvalue weighted by atomic mass is 32.2. The largest absolute Gasteiger partial charge is 0.280 e. The normalized spacial score (nSPS) is 15.5. The van der Waals surface area contributed by atoms with E-state index in [1.54, 1.807) is 10.7 Å². The average Bonchev–Trinajstić information content (AvgIpc) is 2.95. The first-order valence-electron chi connectivity index (χ1n) is 7.56. The Morgan fingerprint density at radius 3 is 2.70 bits per heavy atom. The fourth-order valence-corrected chi connectivity index (χ4v) is 3.91. The van der Waals surface area contributed by atoms with Crippen molar-refractivity contribution in [2.45, 2.75) is 30.3 Å². The molecule has 0 radical (unpaired) electrons. The number of nitrogens with zero attached hydrogens (tertiary/aromatic N) is 3. The molecule has 1 saturated carbocycles. The lowest BCUT2D eigenvalue weighted by atomic mass is 9.93. The Morgan fingerprint density at radius 2 is 1.91 bits per heavy atom. The van der Waals surface area contributed by atoms with Crippen LogP contribution >= 0.6 is 0 Å². The van der Waals surface area contributed by atoms with Crippen LogP contribution in [0.15, 0.2) is 53.7 Å². The van der Waals surface area contributed by atoms with E-state index in [0.717, 1.165) is 30.2 Å². The second-order valence-corrected chi connectivity index (χ2v) is 7.32. The molecular weight excluding hydrogens is 312 g/mol. The van der Waals surface area contributed by atoms with Gasteiger partial charge in [0.05, 0.1) is 17.8 Å². The van der Waals surface area contributed by atoms with Gasteiger partial charge >= 0.3 is 0 Å². The smallest absolute Gasteiger partial charge is 0.262 e. The molecule has 3 aromatic rings. The molecule has 1 aromatic carbocycles. The van der Waals surface area contributed by atoms with E-state index in [9.17, 15) is 8.42 Å². The van der Waals surface area contributed by atoms with Crippen LogP contribution in [0.1, 0.15) is 25.3 Å². The fraction of sp³-hybridized carbons (Fsp3) is 0.250. The summed E-state index contributed by atoms with van der Waals surface area (Å²) in [6.45, 7) is 0. The minimum atomic E-state index is -3.70. The van der Waals surface area contributed by atoms with Crippen molar-refractivity contribution >= 4 is 26.7 Å². The summed E-state index contributed by atoms with van der Waals surface area (Å²) in [5.74, 6) is 0.310. The van der Waals surface area contributed by atoms with Gasteiger partial charge in [-0.05, 0) is 43.5 Å². The summed E-state index contributed by atoms with van der Waals surface area (Å²) >= 11 is 0. The van der Waals surface area contributed by atoms with Crippen LogP contribution in [0.2, 0.25) is 0 Å². The standard InChI is InChI=1S/C16H16N4O2S/c21-23(22,16-10-11-17-20(16)13-5-3-6-13)19-15-9-8-12-4-1-2-7-14(12)18-15/h1-2,4,7-11,13H,3,5-6H2,(H,18,19). The van der Waals surface area contributed by atoms with Crippen molar-refractivity contribution < 1.29 is 8.42 Å². The first-order chi connectivity index (χ1) is 11.1. The van der Waals surface area contributed by atoms with Crippen molar-refractivity contribution in [1.82, 2.24) is 14.8 Å². The topological polar surface area (TPSA) is 76.9 Å². The number of hydrogen-bond donors (Lipinski definition) is 1. The van der Waals surface area contributed by atoms with Crippen molar-refractivity contribution in [1.29, 1.82) is 0 Å². The highest BCUT2D eigenvalue weighted by Crippen LogP contribution is 2.33. The van der Waals surface area contributed by atoms with Gasteiger partial charge in [0.15, 0.2) is 5.03 Å². The summed E-state index contributed by atoms with van der Waals surface area (Å²) in [6.07, 6.45) is 4.58. The lowest BCUT2D eigenvalue weighted by molar-refractivity contribution is 0.271. The molecule has 0 spiro atoms. The zero-order valence-corrected chi connectivity index (χ0v) is 13.2. The predicted molar refractivity (Wildman–Crippen MR) is 87.7 cm³/mol. The zero-order chi connectivity index (χ0) is 15.9. The predicted octanol–water partition coefficient (Wildman–Crippen LogP) is 2.96. The number of fused-ring (bicyclic) bond motifs is 1. The third-order valence-electron chi connectivity index (χ3n) is 4.17. The minimum absolute atomic E-state index is 0.182. The molecular formula is C16H16N4O2S.